The van der Waals surface area contributed by atoms with Crippen molar-refractivity contribution in [1.82, 2.24) is 0 Å². The number of fused-ring (bicyclic) bond motifs is 3. The van der Waals surface area contributed by atoms with Crippen LogP contribution in [0.2, 0.25) is 0 Å². The van der Waals surface area contributed by atoms with Gasteiger partial charge in [-0.15, -0.1) is 0 Å². The van der Waals surface area contributed by atoms with Crippen molar-refractivity contribution in [2.45, 2.75) is 18.4 Å². The number of ether oxygens (including phenoxy) is 2. The van der Waals surface area contributed by atoms with Crippen LogP contribution in [-0.4, -0.2) is 14.2 Å². The first-order chi connectivity index (χ1) is 14.3. The predicted molar refractivity (Wildman–Crippen MR) is 118 cm³/mol. The van der Waals surface area contributed by atoms with Gasteiger partial charge in [-0.2, -0.15) is 0 Å². The lowest BCUT2D eigenvalue weighted by Gasteiger charge is -2.38. The van der Waals surface area contributed by atoms with Crippen LogP contribution in [0.3, 0.4) is 0 Å². The third kappa shape index (κ3) is 2.98. The van der Waals surface area contributed by atoms with Gasteiger partial charge in [-0.05, 0) is 47.2 Å². The number of nitrogens with one attached hydrogen (secondary N) is 1. The van der Waals surface area contributed by atoms with Gasteiger partial charge in [0.2, 0.25) is 0 Å². The number of para-hydroxylation sites is 1. The lowest BCUT2D eigenvalue weighted by molar-refractivity contribution is 0.341. The van der Waals surface area contributed by atoms with Gasteiger partial charge in [0.05, 0.1) is 20.3 Å². The molecule has 1 aliphatic carbocycles. The second-order valence-electron chi connectivity index (χ2n) is 7.73. The molecule has 0 fully saturated rings. The van der Waals surface area contributed by atoms with E-state index >= 15 is 0 Å². The van der Waals surface area contributed by atoms with Gasteiger partial charge < -0.3 is 14.8 Å². The molecule has 0 saturated heterocycles. The molecule has 0 saturated carbocycles. The van der Waals surface area contributed by atoms with E-state index in [0.717, 1.165) is 23.5 Å². The van der Waals surface area contributed by atoms with E-state index in [4.69, 9.17) is 9.47 Å². The molecule has 3 aromatic carbocycles. The molecule has 3 aromatic rings. The fourth-order valence-corrected chi connectivity index (χ4v) is 4.87. The van der Waals surface area contributed by atoms with Crippen LogP contribution < -0.4 is 14.8 Å². The minimum Gasteiger partial charge on any atom is -0.493 e. The van der Waals surface area contributed by atoms with Crippen LogP contribution in [0.5, 0.6) is 11.5 Å². The van der Waals surface area contributed by atoms with Crippen molar-refractivity contribution in [1.29, 1.82) is 0 Å². The van der Waals surface area contributed by atoms with Crippen molar-refractivity contribution < 1.29 is 9.47 Å². The number of hydrogen-bond donors (Lipinski definition) is 1. The number of methoxy groups -OCH3 is 2. The number of rotatable bonds is 4. The molecule has 1 heterocycles. The quantitative estimate of drug-likeness (QED) is 0.544. The molecule has 0 unspecified atom stereocenters. The zero-order valence-corrected chi connectivity index (χ0v) is 16.8. The maximum absolute atomic E-state index is 5.75. The monoisotopic (exact) mass is 383 g/mol. The highest BCUT2D eigenvalue weighted by Gasteiger charge is 2.39. The Bertz CT molecular complexity index is 1060. The van der Waals surface area contributed by atoms with Crippen molar-refractivity contribution in [3.05, 3.63) is 90.0 Å². The molecule has 1 aliphatic heterocycles. The van der Waals surface area contributed by atoms with E-state index in [1.54, 1.807) is 14.2 Å². The highest BCUT2D eigenvalue weighted by molar-refractivity contribution is 5.71. The average molecular weight is 383 g/mol. The fraction of sp³-hybridized carbons (Fsp3) is 0.231. The first kappa shape index (κ1) is 17.9. The van der Waals surface area contributed by atoms with E-state index in [2.05, 4.69) is 72.1 Å². The Morgan fingerprint density at radius 3 is 2.48 bits per heavy atom. The van der Waals surface area contributed by atoms with Crippen LogP contribution in [0, 0.1) is 5.92 Å². The van der Waals surface area contributed by atoms with E-state index in [1.807, 2.05) is 12.1 Å². The molecule has 3 nitrogen and oxygen atoms in total. The number of benzene rings is 3. The van der Waals surface area contributed by atoms with Crippen LogP contribution in [-0.2, 0) is 0 Å². The Hall–Kier alpha value is -3.20. The van der Waals surface area contributed by atoms with Gasteiger partial charge in [0.25, 0.3) is 0 Å². The molecule has 0 spiro atoms. The zero-order chi connectivity index (χ0) is 19.8. The Kier molecular flexibility index (Phi) is 4.51. The minimum atomic E-state index is 0.176. The van der Waals surface area contributed by atoms with Crippen LogP contribution >= 0.6 is 0 Å². The normalized spacial score (nSPS) is 21.8. The fourth-order valence-electron chi connectivity index (χ4n) is 4.87. The van der Waals surface area contributed by atoms with E-state index in [-0.39, 0.29) is 6.04 Å². The number of hydrogen-bond acceptors (Lipinski definition) is 3. The highest BCUT2D eigenvalue weighted by atomic mass is 16.5. The van der Waals surface area contributed by atoms with Crippen molar-refractivity contribution in [3.63, 3.8) is 0 Å². The summed E-state index contributed by atoms with van der Waals surface area (Å²) < 4.78 is 11.3. The standard InChI is InChI=1S/C26H25NO2/c1-28-24-13-7-12-21(26(24)29-2)25-20-11-6-10-19(20)22-16-18(14-15-23(22)27-25)17-8-4-3-5-9-17/h3-10,12-16,19-20,25,27H,11H2,1-2H3/t19-,20+,25+/m0/s1. The molecule has 3 atom stereocenters. The molecule has 0 aromatic heterocycles. The SMILES string of the molecule is COc1cccc([C@@H]2Nc3ccc(-c4ccccc4)cc3[C@H]3C=CC[C@H]32)c1OC. The Morgan fingerprint density at radius 2 is 1.69 bits per heavy atom. The summed E-state index contributed by atoms with van der Waals surface area (Å²) in [5.74, 6) is 2.45. The topological polar surface area (TPSA) is 30.5 Å². The van der Waals surface area contributed by atoms with Gasteiger partial charge in [0.1, 0.15) is 0 Å². The Morgan fingerprint density at radius 1 is 0.828 bits per heavy atom. The van der Waals surface area contributed by atoms with E-state index in [9.17, 15) is 0 Å². The summed E-state index contributed by atoms with van der Waals surface area (Å²) in [4.78, 5) is 0. The van der Waals surface area contributed by atoms with Gasteiger partial charge in [0, 0.05) is 17.2 Å². The van der Waals surface area contributed by atoms with Gasteiger partial charge >= 0.3 is 0 Å². The Balaban J connectivity index is 1.58. The maximum atomic E-state index is 5.75. The molecular weight excluding hydrogens is 358 g/mol. The van der Waals surface area contributed by atoms with E-state index in [0.29, 0.717) is 11.8 Å². The molecule has 0 radical (unpaired) electrons. The van der Waals surface area contributed by atoms with Crippen LogP contribution in [0.15, 0.2) is 78.9 Å². The summed E-state index contributed by atoms with van der Waals surface area (Å²) in [6.07, 6.45) is 5.75. The molecule has 0 amide bonds. The molecule has 0 bridgehead atoms. The number of anilines is 1. The largest absolute Gasteiger partial charge is 0.493 e. The second-order valence-corrected chi connectivity index (χ2v) is 7.73. The van der Waals surface area contributed by atoms with Crippen LogP contribution in [0.25, 0.3) is 11.1 Å². The maximum Gasteiger partial charge on any atom is 0.165 e. The van der Waals surface area contributed by atoms with Crippen molar-refractivity contribution in [2.75, 3.05) is 19.5 Å². The zero-order valence-electron chi connectivity index (χ0n) is 16.8. The van der Waals surface area contributed by atoms with Crippen molar-refractivity contribution >= 4 is 5.69 Å². The highest BCUT2D eigenvalue weighted by Crippen LogP contribution is 2.52. The first-order valence-electron chi connectivity index (χ1n) is 10.1. The third-order valence-corrected chi connectivity index (χ3v) is 6.24. The smallest absolute Gasteiger partial charge is 0.165 e. The predicted octanol–water partition coefficient (Wildman–Crippen LogP) is 6.20. The van der Waals surface area contributed by atoms with Gasteiger partial charge in [0.15, 0.2) is 11.5 Å². The first-order valence-corrected chi connectivity index (χ1v) is 10.1. The molecule has 5 rings (SSSR count). The Labute approximate surface area is 172 Å². The molecule has 1 N–H and O–H groups in total. The van der Waals surface area contributed by atoms with Gasteiger partial charge in [-0.1, -0.05) is 60.7 Å². The average Bonchev–Trinajstić information content (AvgIpc) is 3.28. The summed E-state index contributed by atoms with van der Waals surface area (Å²) >= 11 is 0. The summed E-state index contributed by atoms with van der Waals surface area (Å²) in [6, 6.07) is 23.7. The summed E-state index contributed by atoms with van der Waals surface area (Å²) in [7, 11) is 3.41. The number of allylic oxidation sites excluding steroid dienone is 2. The molecule has 3 heteroatoms. The summed E-state index contributed by atoms with van der Waals surface area (Å²) in [5, 5.41) is 3.81. The lowest BCUT2D eigenvalue weighted by atomic mass is 9.76. The molecular formula is C26H25NO2. The summed E-state index contributed by atoms with van der Waals surface area (Å²) in [6.45, 7) is 0. The molecule has 29 heavy (non-hydrogen) atoms. The van der Waals surface area contributed by atoms with E-state index < -0.39 is 0 Å². The minimum absolute atomic E-state index is 0.176. The molecule has 146 valence electrons. The third-order valence-electron chi connectivity index (χ3n) is 6.24. The van der Waals surface area contributed by atoms with Crippen molar-refractivity contribution in [3.8, 4) is 22.6 Å². The van der Waals surface area contributed by atoms with Gasteiger partial charge in [-0.25, -0.2) is 0 Å². The van der Waals surface area contributed by atoms with Crippen LogP contribution in [0.4, 0.5) is 5.69 Å². The van der Waals surface area contributed by atoms with Gasteiger partial charge in [-0.3, -0.25) is 0 Å². The van der Waals surface area contributed by atoms with Crippen molar-refractivity contribution in [2.24, 2.45) is 5.92 Å². The van der Waals surface area contributed by atoms with Crippen LogP contribution in [0.1, 0.15) is 29.5 Å². The second kappa shape index (κ2) is 7.32. The van der Waals surface area contributed by atoms with E-state index in [1.165, 1.54) is 22.4 Å². The lowest BCUT2D eigenvalue weighted by Crippen LogP contribution is -2.29. The summed E-state index contributed by atoms with van der Waals surface area (Å²) in [5.41, 5.74) is 6.26. The molecule has 2 aliphatic rings.